The predicted molar refractivity (Wildman–Crippen MR) is 111 cm³/mol. The Bertz CT molecular complexity index is 901. The molecular formula is C20H23ClN2O4S. The molecule has 1 N–H and O–H groups in total. The van der Waals surface area contributed by atoms with Crippen molar-refractivity contribution in [3.05, 3.63) is 76.2 Å². The van der Waals surface area contributed by atoms with E-state index in [0.717, 1.165) is 15.3 Å². The first-order valence-corrected chi connectivity index (χ1v) is 10.5. The van der Waals surface area contributed by atoms with E-state index in [-0.39, 0.29) is 13.1 Å². The van der Waals surface area contributed by atoms with Crippen LogP contribution in [0.2, 0.25) is 5.02 Å². The van der Waals surface area contributed by atoms with Gasteiger partial charge in [0.1, 0.15) is 0 Å². The second kappa shape index (κ2) is 11.0. The minimum atomic E-state index is -3.86. The maximum absolute atomic E-state index is 12.9. The molecule has 2 rings (SSSR count). The molecule has 0 aliphatic rings. The van der Waals surface area contributed by atoms with Crippen molar-refractivity contribution in [1.82, 2.24) is 9.62 Å². The number of methoxy groups -OCH3 is 1. The standard InChI is InChI=1S/C20H23ClN2O4S/c1-27-13-12-22-20(24)16-23(15-18-9-5-6-10-19(18)21)28(25,26)14-11-17-7-3-2-4-8-17/h2-11,14H,12-13,15-16H2,1H3,(H,22,24). The SMILES string of the molecule is COCCNC(=O)CN(Cc1ccccc1Cl)S(=O)(=O)C=Cc1ccccc1. The summed E-state index contributed by atoms with van der Waals surface area (Å²) in [6, 6.07) is 16.0. The van der Waals surface area contributed by atoms with Gasteiger partial charge in [0, 0.05) is 30.6 Å². The zero-order chi connectivity index (χ0) is 20.4. The van der Waals surface area contributed by atoms with E-state index in [9.17, 15) is 13.2 Å². The van der Waals surface area contributed by atoms with E-state index in [2.05, 4.69) is 5.32 Å². The Morgan fingerprint density at radius 1 is 1.14 bits per heavy atom. The number of sulfonamides is 1. The van der Waals surface area contributed by atoms with Crippen molar-refractivity contribution >= 4 is 33.6 Å². The third kappa shape index (κ3) is 7.09. The molecule has 2 aromatic carbocycles. The van der Waals surface area contributed by atoms with Crippen molar-refractivity contribution in [3.63, 3.8) is 0 Å². The van der Waals surface area contributed by atoms with Crippen LogP contribution in [0.15, 0.2) is 60.0 Å². The molecule has 28 heavy (non-hydrogen) atoms. The Morgan fingerprint density at radius 2 is 1.82 bits per heavy atom. The lowest BCUT2D eigenvalue weighted by molar-refractivity contribution is -0.121. The molecule has 0 aliphatic carbocycles. The Balaban J connectivity index is 2.21. The minimum absolute atomic E-state index is 0.0150. The molecule has 0 saturated carbocycles. The highest BCUT2D eigenvalue weighted by atomic mass is 35.5. The Kier molecular flexibility index (Phi) is 8.66. The van der Waals surface area contributed by atoms with Crippen LogP contribution in [0.1, 0.15) is 11.1 Å². The summed E-state index contributed by atoms with van der Waals surface area (Å²) in [4.78, 5) is 12.2. The average Bonchev–Trinajstić information content (AvgIpc) is 2.68. The number of hydrogen-bond acceptors (Lipinski definition) is 4. The van der Waals surface area contributed by atoms with Crippen LogP contribution in [-0.4, -0.2) is 45.4 Å². The van der Waals surface area contributed by atoms with Gasteiger partial charge in [-0.1, -0.05) is 60.1 Å². The summed E-state index contributed by atoms with van der Waals surface area (Å²) in [5.41, 5.74) is 1.36. The van der Waals surface area contributed by atoms with Gasteiger partial charge in [0.25, 0.3) is 0 Å². The van der Waals surface area contributed by atoms with Gasteiger partial charge in [-0.2, -0.15) is 4.31 Å². The van der Waals surface area contributed by atoms with Crippen molar-refractivity contribution in [2.24, 2.45) is 0 Å². The number of carbonyl (C=O) groups excluding carboxylic acids is 1. The Hall–Kier alpha value is -2.19. The number of amides is 1. The van der Waals surface area contributed by atoms with Crippen molar-refractivity contribution in [2.45, 2.75) is 6.54 Å². The number of benzene rings is 2. The van der Waals surface area contributed by atoms with Crippen LogP contribution in [0.4, 0.5) is 0 Å². The van der Waals surface area contributed by atoms with Gasteiger partial charge in [-0.3, -0.25) is 4.79 Å². The quantitative estimate of drug-likeness (QED) is 0.597. The first kappa shape index (κ1) is 22.1. The van der Waals surface area contributed by atoms with Crippen LogP contribution in [0.3, 0.4) is 0 Å². The second-order valence-electron chi connectivity index (χ2n) is 5.96. The minimum Gasteiger partial charge on any atom is -0.383 e. The number of hydrogen-bond donors (Lipinski definition) is 1. The van der Waals surface area contributed by atoms with E-state index in [1.54, 1.807) is 36.4 Å². The van der Waals surface area contributed by atoms with Gasteiger partial charge in [-0.15, -0.1) is 0 Å². The summed E-state index contributed by atoms with van der Waals surface area (Å²) in [5.74, 6) is -0.416. The van der Waals surface area contributed by atoms with Crippen molar-refractivity contribution in [3.8, 4) is 0 Å². The van der Waals surface area contributed by atoms with Gasteiger partial charge in [0.05, 0.1) is 13.2 Å². The van der Waals surface area contributed by atoms with Crippen LogP contribution in [0, 0.1) is 0 Å². The molecule has 2 aromatic rings. The maximum Gasteiger partial charge on any atom is 0.237 e. The maximum atomic E-state index is 12.9. The molecular weight excluding hydrogens is 400 g/mol. The van der Waals surface area contributed by atoms with E-state index in [4.69, 9.17) is 16.3 Å². The highest BCUT2D eigenvalue weighted by Gasteiger charge is 2.23. The summed E-state index contributed by atoms with van der Waals surface area (Å²) >= 11 is 6.17. The largest absolute Gasteiger partial charge is 0.383 e. The molecule has 0 aromatic heterocycles. The predicted octanol–water partition coefficient (Wildman–Crippen LogP) is 2.91. The normalized spacial score (nSPS) is 11.8. The highest BCUT2D eigenvalue weighted by Crippen LogP contribution is 2.19. The summed E-state index contributed by atoms with van der Waals surface area (Å²) in [7, 11) is -2.34. The van der Waals surface area contributed by atoms with E-state index < -0.39 is 15.9 Å². The zero-order valence-electron chi connectivity index (χ0n) is 15.5. The van der Waals surface area contributed by atoms with E-state index in [0.29, 0.717) is 23.7 Å². The molecule has 1 amide bonds. The van der Waals surface area contributed by atoms with Crippen LogP contribution in [-0.2, 0) is 26.1 Å². The summed E-state index contributed by atoms with van der Waals surface area (Å²) in [5, 5.41) is 4.17. The van der Waals surface area contributed by atoms with E-state index in [1.807, 2.05) is 18.2 Å². The number of nitrogens with zero attached hydrogens (tertiary/aromatic N) is 1. The van der Waals surface area contributed by atoms with Gasteiger partial charge in [0.15, 0.2) is 0 Å². The van der Waals surface area contributed by atoms with Crippen LogP contribution < -0.4 is 5.32 Å². The van der Waals surface area contributed by atoms with Crippen LogP contribution in [0.25, 0.3) is 6.08 Å². The van der Waals surface area contributed by atoms with Gasteiger partial charge in [-0.25, -0.2) is 8.42 Å². The third-order valence-corrected chi connectivity index (χ3v) is 5.67. The number of carbonyl (C=O) groups is 1. The molecule has 0 heterocycles. The third-order valence-electron chi connectivity index (χ3n) is 3.84. The monoisotopic (exact) mass is 422 g/mol. The van der Waals surface area contributed by atoms with E-state index >= 15 is 0 Å². The lowest BCUT2D eigenvalue weighted by Crippen LogP contribution is -2.40. The fraction of sp³-hybridized carbons (Fsp3) is 0.250. The highest BCUT2D eigenvalue weighted by molar-refractivity contribution is 7.92. The first-order valence-electron chi connectivity index (χ1n) is 8.64. The summed E-state index contributed by atoms with van der Waals surface area (Å²) in [6.45, 7) is 0.307. The smallest absolute Gasteiger partial charge is 0.237 e. The lowest BCUT2D eigenvalue weighted by Gasteiger charge is -2.20. The molecule has 6 nitrogen and oxygen atoms in total. The number of nitrogens with one attached hydrogen (secondary N) is 1. The molecule has 0 spiro atoms. The molecule has 8 heteroatoms. The fourth-order valence-electron chi connectivity index (χ4n) is 2.38. The molecule has 0 saturated heterocycles. The molecule has 0 radical (unpaired) electrons. The molecule has 0 bridgehead atoms. The van der Waals surface area contributed by atoms with Crippen LogP contribution >= 0.6 is 11.6 Å². The zero-order valence-corrected chi connectivity index (χ0v) is 17.1. The molecule has 0 fully saturated rings. The topological polar surface area (TPSA) is 75.7 Å². The fourth-order valence-corrected chi connectivity index (χ4v) is 3.69. The van der Waals surface area contributed by atoms with Crippen molar-refractivity contribution in [1.29, 1.82) is 0 Å². The number of ether oxygens (including phenoxy) is 1. The van der Waals surface area contributed by atoms with Gasteiger partial charge < -0.3 is 10.1 Å². The van der Waals surface area contributed by atoms with Crippen molar-refractivity contribution < 1.29 is 17.9 Å². The van der Waals surface area contributed by atoms with Gasteiger partial charge >= 0.3 is 0 Å². The molecule has 0 unspecified atom stereocenters. The van der Waals surface area contributed by atoms with Crippen molar-refractivity contribution in [2.75, 3.05) is 26.8 Å². The molecule has 150 valence electrons. The Labute approximate surface area is 170 Å². The van der Waals surface area contributed by atoms with Gasteiger partial charge in [-0.05, 0) is 23.3 Å². The van der Waals surface area contributed by atoms with Gasteiger partial charge in [0.2, 0.25) is 15.9 Å². The number of halogens is 1. The number of rotatable bonds is 10. The van der Waals surface area contributed by atoms with E-state index in [1.165, 1.54) is 13.2 Å². The van der Waals surface area contributed by atoms with Crippen LogP contribution in [0.5, 0.6) is 0 Å². The second-order valence-corrected chi connectivity index (χ2v) is 8.19. The summed E-state index contributed by atoms with van der Waals surface area (Å²) < 4.78 is 31.7. The summed E-state index contributed by atoms with van der Waals surface area (Å²) in [6.07, 6.45) is 1.50. The molecule has 0 aliphatic heterocycles. The lowest BCUT2D eigenvalue weighted by atomic mass is 10.2. The Morgan fingerprint density at radius 3 is 2.50 bits per heavy atom. The average molecular weight is 423 g/mol. The first-order chi connectivity index (χ1) is 13.4. The molecule has 0 atom stereocenters.